The van der Waals surface area contributed by atoms with Gasteiger partial charge in [-0.05, 0) is 36.8 Å². The van der Waals surface area contributed by atoms with Gasteiger partial charge < -0.3 is 10.2 Å². The summed E-state index contributed by atoms with van der Waals surface area (Å²) in [6, 6.07) is 5.10. The molecule has 0 unspecified atom stereocenters. The lowest BCUT2D eigenvalue weighted by Crippen LogP contribution is -2.27. The van der Waals surface area contributed by atoms with Crippen molar-refractivity contribution in [2.24, 2.45) is 17.8 Å². The maximum atomic E-state index is 12.3. The van der Waals surface area contributed by atoms with Gasteiger partial charge in [0.25, 0.3) is 5.91 Å². The Hall–Kier alpha value is -2.17. The summed E-state index contributed by atoms with van der Waals surface area (Å²) in [5.74, 6) is 1.24. The van der Waals surface area contributed by atoms with Gasteiger partial charge in [-0.1, -0.05) is 18.2 Å². The second kappa shape index (κ2) is 5.31. The summed E-state index contributed by atoms with van der Waals surface area (Å²) in [6.07, 6.45) is 6.37. The number of pyridine rings is 1. The van der Waals surface area contributed by atoms with E-state index in [9.17, 15) is 9.59 Å². The first-order valence-electron chi connectivity index (χ1n) is 7.22. The van der Waals surface area contributed by atoms with E-state index < -0.39 is 0 Å². The van der Waals surface area contributed by atoms with E-state index in [0.717, 1.165) is 12.8 Å². The molecule has 2 amide bonds. The molecule has 0 spiro atoms. The van der Waals surface area contributed by atoms with Crippen molar-refractivity contribution in [3.05, 3.63) is 36.0 Å². The topological polar surface area (TPSA) is 62.3 Å². The quantitative estimate of drug-likeness (QED) is 0.863. The summed E-state index contributed by atoms with van der Waals surface area (Å²) in [4.78, 5) is 29.9. The standard InChI is InChI=1S/C16H19N3O2/c1-19(2)16(21)13-4-3-5-14(17-13)18-15(20)12-9-10-6-7-11(12)8-10/h3-7,10-12H,8-9H2,1-2H3,(H,17,18,20)/t10-,11-,12+/m0/s1. The highest BCUT2D eigenvalue weighted by Gasteiger charge is 2.39. The summed E-state index contributed by atoms with van der Waals surface area (Å²) >= 11 is 0. The second-order valence-corrected chi connectivity index (χ2v) is 5.98. The molecule has 0 saturated heterocycles. The summed E-state index contributed by atoms with van der Waals surface area (Å²) in [7, 11) is 3.35. The van der Waals surface area contributed by atoms with Crippen LogP contribution in [0.25, 0.3) is 0 Å². The zero-order valence-corrected chi connectivity index (χ0v) is 12.2. The molecular weight excluding hydrogens is 266 g/mol. The summed E-state index contributed by atoms with van der Waals surface area (Å²) in [5, 5.41) is 2.85. The molecule has 0 aliphatic heterocycles. The number of aromatic nitrogens is 1. The third-order valence-electron chi connectivity index (χ3n) is 4.24. The average Bonchev–Trinajstić information content (AvgIpc) is 3.09. The normalized spacial score (nSPS) is 25.9. The fraction of sp³-hybridized carbons (Fsp3) is 0.438. The van der Waals surface area contributed by atoms with Gasteiger partial charge in [-0.3, -0.25) is 9.59 Å². The summed E-state index contributed by atoms with van der Waals surface area (Å²) < 4.78 is 0. The molecule has 0 radical (unpaired) electrons. The van der Waals surface area contributed by atoms with Crippen LogP contribution in [0.4, 0.5) is 5.82 Å². The molecule has 3 atom stereocenters. The fourth-order valence-corrected chi connectivity index (χ4v) is 3.15. The molecular formula is C16H19N3O2. The van der Waals surface area contributed by atoms with Crippen LogP contribution in [0.2, 0.25) is 0 Å². The van der Waals surface area contributed by atoms with Gasteiger partial charge >= 0.3 is 0 Å². The third-order valence-corrected chi connectivity index (χ3v) is 4.24. The van der Waals surface area contributed by atoms with Crippen molar-refractivity contribution >= 4 is 17.6 Å². The minimum atomic E-state index is -0.172. The summed E-state index contributed by atoms with van der Waals surface area (Å²) in [6.45, 7) is 0. The number of carbonyl (C=O) groups excluding carboxylic acids is 2. The van der Waals surface area contributed by atoms with Crippen molar-refractivity contribution in [3.63, 3.8) is 0 Å². The number of fused-ring (bicyclic) bond motifs is 2. The van der Waals surface area contributed by atoms with Crippen molar-refractivity contribution < 1.29 is 9.59 Å². The van der Waals surface area contributed by atoms with E-state index in [-0.39, 0.29) is 17.7 Å². The molecule has 2 aliphatic carbocycles. The highest BCUT2D eigenvalue weighted by molar-refractivity contribution is 5.95. The minimum absolute atomic E-state index is 0.00815. The zero-order valence-electron chi connectivity index (χ0n) is 12.2. The number of amides is 2. The van der Waals surface area contributed by atoms with Crippen LogP contribution in [-0.4, -0.2) is 35.8 Å². The Morgan fingerprint density at radius 3 is 2.67 bits per heavy atom. The first-order valence-corrected chi connectivity index (χ1v) is 7.22. The van der Waals surface area contributed by atoms with Crippen LogP contribution in [0.3, 0.4) is 0 Å². The molecule has 5 nitrogen and oxygen atoms in total. The SMILES string of the molecule is CN(C)C(=O)c1cccc(NC(=O)[C@@H]2C[C@H]3C=C[C@H]2C3)n1. The monoisotopic (exact) mass is 285 g/mol. The van der Waals surface area contributed by atoms with Crippen LogP contribution >= 0.6 is 0 Å². The van der Waals surface area contributed by atoms with Crippen molar-refractivity contribution in [2.45, 2.75) is 12.8 Å². The lowest BCUT2D eigenvalue weighted by atomic mass is 9.93. The highest BCUT2D eigenvalue weighted by atomic mass is 16.2. The van der Waals surface area contributed by atoms with E-state index in [1.807, 2.05) is 0 Å². The first-order chi connectivity index (χ1) is 10.0. The Labute approximate surface area is 124 Å². The van der Waals surface area contributed by atoms with Crippen LogP contribution < -0.4 is 5.32 Å². The molecule has 3 rings (SSSR count). The molecule has 1 aromatic heterocycles. The van der Waals surface area contributed by atoms with Gasteiger partial charge in [-0.15, -0.1) is 0 Å². The van der Waals surface area contributed by atoms with Gasteiger partial charge in [0.15, 0.2) is 0 Å². The van der Waals surface area contributed by atoms with Crippen molar-refractivity contribution in [1.29, 1.82) is 0 Å². The van der Waals surface area contributed by atoms with E-state index in [4.69, 9.17) is 0 Å². The Balaban J connectivity index is 1.70. The van der Waals surface area contributed by atoms with Crippen LogP contribution in [0, 0.1) is 17.8 Å². The smallest absolute Gasteiger partial charge is 0.272 e. The first kappa shape index (κ1) is 13.8. The number of rotatable bonds is 3. The molecule has 1 saturated carbocycles. The van der Waals surface area contributed by atoms with Gasteiger partial charge in [-0.2, -0.15) is 0 Å². The van der Waals surface area contributed by atoms with Crippen LogP contribution in [0.5, 0.6) is 0 Å². The van der Waals surface area contributed by atoms with Gasteiger partial charge in [0.1, 0.15) is 11.5 Å². The van der Waals surface area contributed by atoms with E-state index in [2.05, 4.69) is 22.5 Å². The maximum Gasteiger partial charge on any atom is 0.272 e. The van der Waals surface area contributed by atoms with Crippen molar-refractivity contribution in [3.8, 4) is 0 Å². The molecule has 1 heterocycles. The number of nitrogens with one attached hydrogen (secondary N) is 1. The molecule has 110 valence electrons. The predicted octanol–water partition coefficient (Wildman–Crippen LogP) is 1.93. The molecule has 5 heteroatoms. The number of carbonyl (C=O) groups is 2. The Bertz CT molecular complexity index is 609. The number of anilines is 1. The third kappa shape index (κ3) is 2.68. The molecule has 2 aliphatic rings. The van der Waals surface area contributed by atoms with Crippen molar-refractivity contribution in [2.75, 3.05) is 19.4 Å². The number of nitrogens with zero attached hydrogens (tertiary/aromatic N) is 2. The zero-order chi connectivity index (χ0) is 15.0. The van der Waals surface area contributed by atoms with Crippen LogP contribution in [0.1, 0.15) is 23.3 Å². The Morgan fingerprint density at radius 1 is 1.24 bits per heavy atom. The number of allylic oxidation sites excluding steroid dienone is 2. The fourth-order valence-electron chi connectivity index (χ4n) is 3.15. The number of hydrogen-bond acceptors (Lipinski definition) is 3. The lowest BCUT2D eigenvalue weighted by Gasteiger charge is -2.17. The van der Waals surface area contributed by atoms with Crippen LogP contribution in [0.15, 0.2) is 30.4 Å². The number of hydrogen-bond donors (Lipinski definition) is 1. The van der Waals surface area contributed by atoms with E-state index in [1.165, 1.54) is 4.90 Å². The molecule has 0 aromatic carbocycles. The molecule has 1 N–H and O–H groups in total. The Morgan fingerprint density at radius 2 is 2.05 bits per heavy atom. The van der Waals surface area contributed by atoms with E-state index >= 15 is 0 Å². The molecule has 1 aromatic rings. The Kier molecular flexibility index (Phi) is 3.49. The van der Waals surface area contributed by atoms with E-state index in [1.54, 1.807) is 32.3 Å². The summed E-state index contributed by atoms with van der Waals surface area (Å²) in [5.41, 5.74) is 0.339. The minimum Gasteiger partial charge on any atom is -0.343 e. The highest BCUT2D eigenvalue weighted by Crippen LogP contribution is 2.43. The average molecular weight is 285 g/mol. The maximum absolute atomic E-state index is 12.3. The van der Waals surface area contributed by atoms with E-state index in [0.29, 0.717) is 23.3 Å². The van der Waals surface area contributed by atoms with Gasteiger partial charge in [0.05, 0.1) is 0 Å². The second-order valence-electron chi connectivity index (χ2n) is 5.98. The predicted molar refractivity (Wildman–Crippen MR) is 79.7 cm³/mol. The molecule has 21 heavy (non-hydrogen) atoms. The van der Waals surface area contributed by atoms with Crippen LogP contribution in [-0.2, 0) is 4.79 Å². The van der Waals surface area contributed by atoms with Gasteiger partial charge in [-0.25, -0.2) is 4.98 Å². The largest absolute Gasteiger partial charge is 0.343 e. The lowest BCUT2D eigenvalue weighted by molar-refractivity contribution is -0.120. The molecule has 1 fully saturated rings. The van der Waals surface area contributed by atoms with Gasteiger partial charge in [0.2, 0.25) is 5.91 Å². The van der Waals surface area contributed by atoms with Gasteiger partial charge in [0, 0.05) is 20.0 Å². The molecule has 2 bridgehead atoms. The van der Waals surface area contributed by atoms with Crippen molar-refractivity contribution in [1.82, 2.24) is 9.88 Å².